The number of aromatic nitrogens is 1. The summed E-state index contributed by atoms with van der Waals surface area (Å²) >= 11 is 0. The summed E-state index contributed by atoms with van der Waals surface area (Å²) in [6, 6.07) is 3.99. The monoisotopic (exact) mass is 267 g/mol. The molecule has 0 radical (unpaired) electrons. The second-order valence-electron chi connectivity index (χ2n) is 4.57. The third kappa shape index (κ3) is 2.06. The van der Waals surface area contributed by atoms with Crippen LogP contribution in [0.3, 0.4) is 0 Å². The molecule has 1 unspecified atom stereocenters. The predicted molar refractivity (Wildman–Crippen MR) is 75.8 cm³/mol. The topological polar surface area (TPSA) is 45.2 Å². The van der Waals surface area contributed by atoms with E-state index < -0.39 is 11.0 Å². The number of anilines is 1. The van der Waals surface area contributed by atoms with Crippen LogP contribution in [0.25, 0.3) is 0 Å². The van der Waals surface area contributed by atoms with Gasteiger partial charge in [-0.15, -0.1) is 0 Å². The van der Waals surface area contributed by atoms with Crippen molar-refractivity contribution in [3.8, 4) is 0 Å². The molecular formula is C13H21N3OS. The summed E-state index contributed by atoms with van der Waals surface area (Å²) < 4.78 is 15.1. The number of rotatable bonds is 0. The number of likely N-dealkylation sites (tertiary alicyclic amines) is 1. The predicted octanol–water partition coefficient (Wildman–Crippen LogP) is 2.12. The van der Waals surface area contributed by atoms with E-state index in [-0.39, 0.29) is 4.75 Å². The first-order chi connectivity index (χ1) is 8.72. The normalized spacial score (nSPS) is 24.9. The number of fused-ring (bicyclic) bond motifs is 2. The zero-order valence-corrected chi connectivity index (χ0v) is 12.1. The number of piperidine rings is 1. The molecule has 4 nitrogen and oxygen atoms in total. The molecule has 100 valence electrons. The van der Waals surface area contributed by atoms with Crippen molar-refractivity contribution < 1.29 is 4.21 Å². The van der Waals surface area contributed by atoms with Crippen molar-refractivity contribution in [1.29, 1.82) is 0 Å². The average Bonchev–Trinajstić information content (AvgIpc) is 2.69. The minimum absolute atomic E-state index is 0.198. The lowest BCUT2D eigenvalue weighted by Crippen LogP contribution is -2.42. The maximum absolute atomic E-state index is 12.3. The molecule has 2 aliphatic heterocycles. The van der Waals surface area contributed by atoms with Crippen LogP contribution in [-0.4, -0.2) is 34.2 Å². The van der Waals surface area contributed by atoms with Gasteiger partial charge in [0, 0.05) is 11.8 Å². The molecule has 0 saturated carbocycles. The molecule has 0 aliphatic carbocycles. The van der Waals surface area contributed by atoms with Gasteiger partial charge in [0.05, 0.1) is 4.75 Å². The molecule has 1 fully saturated rings. The molecule has 18 heavy (non-hydrogen) atoms. The van der Waals surface area contributed by atoms with Gasteiger partial charge in [-0.2, -0.15) is 0 Å². The summed E-state index contributed by atoms with van der Waals surface area (Å²) in [4.78, 5) is 6.55. The van der Waals surface area contributed by atoms with Crippen molar-refractivity contribution in [3.05, 3.63) is 23.9 Å². The van der Waals surface area contributed by atoms with Crippen molar-refractivity contribution in [1.82, 2.24) is 9.88 Å². The van der Waals surface area contributed by atoms with E-state index in [0.717, 1.165) is 37.3 Å². The quantitative estimate of drug-likeness (QED) is 0.783. The van der Waals surface area contributed by atoms with Crippen molar-refractivity contribution in [2.75, 3.05) is 24.9 Å². The van der Waals surface area contributed by atoms with E-state index in [9.17, 15) is 4.21 Å². The summed E-state index contributed by atoms with van der Waals surface area (Å²) in [5, 5.41) is 0. The highest BCUT2D eigenvalue weighted by Gasteiger charge is 2.47. The Labute approximate surface area is 111 Å². The maximum atomic E-state index is 12.3. The second kappa shape index (κ2) is 5.36. The molecule has 0 bridgehead atoms. The zero-order chi connectivity index (χ0) is 13.2. The molecule has 1 aromatic heterocycles. The molecule has 1 atom stereocenters. The third-order valence-corrected chi connectivity index (χ3v) is 5.35. The number of pyridine rings is 1. The number of nitrogens with zero attached hydrogens (tertiary/aromatic N) is 2. The van der Waals surface area contributed by atoms with E-state index in [1.54, 1.807) is 6.20 Å². The van der Waals surface area contributed by atoms with E-state index >= 15 is 0 Å². The van der Waals surface area contributed by atoms with Crippen molar-refractivity contribution in [3.63, 3.8) is 0 Å². The van der Waals surface area contributed by atoms with Gasteiger partial charge in [-0.25, -0.2) is 9.19 Å². The molecule has 1 spiro atoms. The van der Waals surface area contributed by atoms with Gasteiger partial charge in [0.15, 0.2) is 0 Å². The van der Waals surface area contributed by atoms with Gasteiger partial charge >= 0.3 is 0 Å². The highest BCUT2D eigenvalue weighted by molar-refractivity contribution is 7.87. The van der Waals surface area contributed by atoms with Crippen LogP contribution in [0.5, 0.6) is 0 Å². The first-order valence-corrected chi connectivity index (χ1v) is 7.70. The van der Waals surface area contributed by atoms with Crippen molar-refractivity contribution >= 4 is 16.8 Å². The van der Waals surface area contributed by atoms with Gasteiger partial charge in [0.2, 0.25) is 0 Å². The van der Waals surface area contributed by atoms with Gasteiger partial charge in [-0.3, -0.25) is 4.72 Å². The fourth-order valence-corrected chi connectivity index (χ4v) is 4.03. The van der Waals surface area contributed by atoms with Crippen molar-refractivity contribution in [2.45, 2.75) is 31.4 Å². The minimum Gasteiger partial charge on any atom is -0.306 e. The van der Waals surface area contributed by atoms with E-state index in [4.69, 9.17) is 0 Å². The van der Waals surface area contributed by atoms with Gasteiger partial charge < -0.3 is 4.90 Å². The van der Waals surface area contributed by atoms with Crippen LogP contribution < -0.4 is 4.72 Å². The first-order valence-electron chi connectivity index (χ1n) is 6.55. The molecule has 1 aromatic rings. The van der Waals surface area contributed by atoms with Crippen LogP contribution in [0.1, 0.15) is 32.3 Å². The van der Waals surface area contributed by atoms with Gasteiger partial charge in [0.1, 0.15) is 16.8 Å². The van der Waals surface area contributed by atoms with Crippen LogP contribution in [0.4, 0.5) is 5.82 Å². The van der Waals surface area contributed by atoms with Gasteiger partial charge in [-0.05, 0) is 39.0 Å². The number of hydrogen-bond donors (Lipinski definition) is 1. The molecule has 2 aliphatic rings. The molecular weight excluding hydrogens is 246 g/mol. The van der Waals surface area contributed by atoms with Crippen molar-refractivity contribution in [2.24, 2.45) is 0 Å². The second-order valence-corrected chi connectivity index (χ2v) is 6.09. The number of hydrogen-bond acceptors (Lipinski definition) is 3. The SMILES string of the molecule is CC.CN1CCC2(CC1)c1cccnc1NS2=O. The Kier molecular flexibility index (Phi) is 4.02. The molecule has 1 saturated heterocycles. The van der Waals surface area contributed by atoms with Crippen LogP contribution in [-0.2, 0) is 15.7 Å². The Morgan fingerprint density at radius 1 is 1.39 bits per heavy atom. The minimum atomic E-state index is -1.02. The smallest absolute Gasteiger partial charge is 0.142 e. The van der Waals surface area contributed by atoms with E-state index in [1.165, 1.54) is 0 Å². The van der Waals surface area contributed by atoms with Crippen LogP contribution >= 0.6 is 0 Å². The summed E-state index contributed by atoms with van der Waals surface area (Å²) in [6.07, 6.45) is 3.64. The number of nitrogens with one attached hydrogen (secondary N) is 1. The molecule has 3 heterocycles. The summed E-state index contributed by atoms with van der Waals surface area (Å²) in [6.45, 7) is 6.00. The lowest BCUT2D eigenvalue weighted by Gasteiger charge is -2.36. The lowest BCUT2D eigenvalue weighted by molar-refractivity contribution is 0.238. The van der Waals surface area contributed by atoms with Gasteiger partial charge in [0.25, 0.3) is 0 Å². The summed E-state index contributed by atoms with van der Waals surface area (Å²) in [5.74, 6) is 0.811. The standard InChI is InChI=1S/C11H15N3OS.C2H6/c1-14-7-4-11(5-8-14)9-3-2-6-12-10(9)13-16(11)15;1-2/h2-3,6H,4-5,7-8H2,1H3,(H,12,13);1-2H3. The van der Waals surface area contributed by atoms with E-state index in [2.05, 4.69) is 27.7 Å². The largest absolute Gasteiger partial charge is 0.306 e. The Balaban J connectivity index is 0.000000574. The summed E-state index contributed by atoms with van der Waals surface area (Å²) in [7, 11) is 1.09. The van der Waals surface area contributed by atoms with Crippen LogP contribution in [0.15, 0.2) is 18.3 Å². The molecule has 5 heteroatoms. The first kappa shape index (κ1) is 13.5. The van der Waals surface area contributed by atoms with E-state index in [1.807, 2.05) is 19.9 Å². The highest BCUT2D eigenvalue weighted by Crippen LogP contribution is 2.45. The Morgan fingerprint density at radius 2 is 2.06 bits per heavy atom. The summed E-state index contributed by atoms with van der Waals surface area (Å²) in [5.41, 5.74) is 1.14. The molecule has 0 amide bonds. The fraction of sp³-hybridized carbons (Fsp3) is 0.615. The highest BCUT2D eigenvalue weighted by atomic mass is 32.2. The zero-order valence-electron chi connectivity index (χ0n) is 11.3. The maximum Gasteiger partial charge on any atom is 0.142 e. The Bertz CT molecular complexity index is 442. The van der Waals surface area contributed by atoms with E-state index in [0.29, 0.717) is 0 Å². The molecule has 3 rings (SSSR count). The fourth-order valence-electron chi connectivity index (χ4n) is 2.57. The Morgan fingerprint density at radius 3 is 2.72 bits per heavy atom. The molecule has 0 aromatic carbocycles. The molecule has 1 N–H and O–H groups in total. The lowest BCUT2D eigenvalue weighted by atomic mass is 9.89. The van der Waals surface area contributed by atoms with Crippen LogP contribution in [0.2, 0.25) is 0 Å². The van der Waals surface area contributed by atoms with Crippen LogP contribution in [0, 0.1) is 0 Å². The van der Waals surface area contributed by atoms with Gasteiger partial charge in [-0.1, -0.05) is 19.9 Å². The Hall–Kier alpha value is -0.940. The third-order valence-electron chi connectivity index (χ3n) is 3.64. The average molecular weight is 267 g/mol.